The van der Waals surface area contributed by atoms with Gasteiger partial charge < -0.3 is 15.0 Å². The summed E-state index contributed by atoms with van der Waals surface area (Å²) in [5.41, 5.74) is -1.00. The Morgan fingerprint density at radius 1 is 1.63 bits per heavy atom. The number of rotatable bonds is 5. The van der Waals surface area contributed by atoms with Crippen molar-refractivity contribution in [3.8, 4) is 0 Å². The summed E-state index contributed by atoms with van der Waals surface area (Å²) in [6.45, 7) is 5.45. The lowest BCUT2D eigenvalue weighted by Gasteiger charge is -2.20. The van der Waals surface area contributed by atoms with Crippen molar-refractivity contribution in [2.75, 3.05) is 19.6 Å². The van der Waals surface area contributed by atoms with Crippen LogP contribution < -0.4 is 10.0 Å². The van der Waals surface area contributed by atoms with E-state index in [0.29, 0.717) is 31.9 Å². The molecule has 2 rings (SSSR count). The average molecular weight is 288 g/mol. The number of aromatic nitrogens is 2. The second-order valence-corrected chi connectivity index (χ2v) is 6.60. The lowest BCUT2D eigenvalue weighted by Crippen LogP contribution is -2.44. The molecule has 0 spiro atoms. The van der Waals surface area contributed by atoms with Crippen molar-refractivity contribution < 1.29 is 13.5 Å². The summed E-state index contributed by atoms with van der Waals surface area (Å²) in [6, 6.07) is 0. The Morgan fingerprint density at radius 3 is 2.89 bits per heavy atom. The van der Waals surface area contributed by atoms with Gasteiger partial charge in [0.15, 0.2) is 5.03 Å². The van der Waals surface area contributed by atoms with Gasteiger partial charge in [-0.1, -0.05) is 0 Å². The molecule has 0 aromatic carbocycles. The molecule has 3 N–H and O–H groups in total. The van der Waals surface area contributed by atoms with Crippen molar-refractivity contribution in [3.05, 3.63) is 12.0 Å². The Labute approximate surface area is 113 Å². The van der Waals surface area contributed by atoms with E-state index >= 15 is 0 Å². The highest BCUT2D eigenvalue weighted by Crippen LogP contribution is 2.15. The average Bonchev–Trinajstić information content (AvgIpc) is 2.94. The minimum Gasteiger partial charge on any atom is -0.387 e. The lowest BCUT2D eigenvalue weighted by atomic mass is 10.1. The molecule has 19 heavy (non-hydrogen) atoms. The molecule has 1 aliphatic heterocycles. The smallest absolute Gasteiger partial charge is 0.259 e. The van der Waals surface area contributed by atoms with E-state index in [-0.39, 0.29) is 11.6 Å². The third-order valence-electron chi connectivity index (χ3n) is 3.38. The first kappa shape index (κ1) is 14.4. The van der Waals surface area contributed by atoms with Gasteiger partial charge in [-0.3, -0.25) is 0 Å². The molecule has 1 unspecified atom stereocenters. The van der Waals surface area contributed by atoms with Gasteiger partial charge in [-0.2, -0.15) is 0 Å². The number of hydrogen-bond acceptors (Lipinski definition) is 5. The number of sulfonamides is 1. The van der Waals surface area contributed by atoms with Crippen molar-refractivity contribution >= 4 is 10.0 Å². The minimum absolute atomic E-state index is 0.000363. The van der Waals surface area contributed by atoms with Crippen LogP contribution in [-0.2, 0) is 16.6 Å². The molecule has 0 saturated carbocycles. The molecule has 1 aliphatic rings. The van der Waals surface area contributed by atoms with Gasteiger partial charge in [0.1, 0.15) is 5.82 Å². The summed E-state index contributed by atoms with van der Waals surface area (Å²) in [4.78, 5) is 4.04. The SMILES string of the molecule is CCn1cc(S(=O)(=O)NCC2(O)CCNC2)nc1C. The predicted molar refractivity (Wildman–Crippen MR) is 70.3 cm³/mol. The molecule has 0 bridgehead atoms. The van der Waals surface area contributed by atoms with Gasteiger partial charge in [-0.15, -0.1) is 0 Å². The molecular formula is C11H20N4O3S. The Hall–Kier alpha value is -0.960. The number of aryl methyl sites for hydroxylation is 2. The molecule has 1 aromatic heterocycles. The highest BCUT2D eigenvalue weighted by atomic mass is 32.2. The first-order valence-electron chi connectivity index (χ1n) is 6.33. The Morgan fingerprint density at radius 2 is 2.37 bits per heavy atom. The maximum Gasteiger partial charge on any atom is 0.259 e. The van der Waals surface area contributed by atoms with Crippen LogP contribution in [0.4, 0.5) is 0 Å². The van der Waals surface area contributed by atoms with Crippen LogP contribution in [0, 0.1) is 6.92 Å². The molecule has 1 atom stereocenters. The van der Waals surface area contributed by atoms with Crippen LogP contribution in [0.3, 0.4) is 0 Å². The lowest BCUT2D eigenvalue weighted by molar-refractivity contribution is 0.0667. The molecule has 2 heterocycles. The largest absolute Gasteiger partial charge is 0.387 e. The molecule has 0 radical (unpaired) electrons. The molecule has 108 valence electrons. The fourth-order valence-corrected chi connectivity index (χ4v) is 3.24. The van der Waals surface area contributed by atoms with Crippen LogP contribution in [-0.4, -0.2) is 48.3 Å². The van der Waals surface area contributed by atoms with Crippen LogP contribution in [0.5, 0.6) is 0 Å². The Kier molecular flexibility index (Phi) is 3.95. The fraction of sp³-hybridized carbons (Fsp3) is 0.727. The van der Waals surface area contributed by atoms with Crippen molar-refractivity contribution in [3.63, 3.8) is 0 Å². The number of nitrogens with one attached hydrogen (secondary N) is 2. The number of nitrogens with zero attached hydrogens (tertiary/aromatic N) is 2. The van der Waals surface area contributed by atoms with Crippen LogP contribution in [0.2, 0.25) is 0 Å². The van der Waals surface area contributed by atoms with Crippen molar-refractivity contribution in [2.24, 2.45) is 0 Å². The van der Waals surface area contributed by atoms with E-state index in [1.54, 1.807) is 11.5 Å². The maximum absolute atomic E-state index is 12.1. The van der Waals surface area contributed by atoms with E-state index in [4.69, 9.17) is 0 Å². The zero-order chi connectivity index (χ0) is 14.1. The van der Waals surface area contributed by atoms with Crippen LogP contribution in [0.1, 0.15) is 19.2 Å². The van der Waals surface area contributed by atoms with E-state index in [0.717, 1.165) is 0 Å². The maximum atomic E-state index is 12.1. The quantitative estimate of drug-likeness (QED) is 0.660. The van der Waals surface area contributed by atoms with E-state index in [2.05, 4.69) is 15.0 Å². The topological polar surface area (TPSA) is 96.2 Å². The zero-order valence-corrected chi connectivity index (χ0v) is 12.0. The zero-order valence-electron chi connectivity index (χ0n) is 11.2. The number of hydrogen-bond donors (Lipinski definition) is 3. The molecule has 1 fully saturated rings. The van der Waals surface area contributed by atoms with Crippen molar-refractivity contribution in [1.82, 2.24) is 19.6 Å². The van der Waals surface area contributed by atoms with Crippen LogP contribution >= 0.6 is 0 Å². The summed E-state index contributed by atoms with van der Waals surface area (Å²) in [7, 11) is -3.67. The standard InChI is InChI=1S/C11H20N4O3S/c1-3-15-6-10(14-9(15)2)19(17,18)13-8-11(16)4-5-12-7-11/h6,12-13,16H,3-5,7-8H2,1-2H3. The van der Waals surface area contributed by atoms with Crippen molar-refractivity contribution in [2.45, 2.75) is 37.4 Å². The molecule has 8 heteroatoms. The van der Waals surface area contributed by atoms with Gasteiger partial charge >= 0.3 is 0 Å². The Bertz CT molecular complexity index is 546. The normalized spacial score (nSPS) is 23.9. The molecule has 1 saturated heterocycles. The van der Waals surface area contributed by atoms with Gasteiger partial charge in [0.2, 0.25) is 0 Å². The second-order valence-electron chi connectivity index (χ2n) is 4.89. The highest BCUT2D eigenvalue weighted by Gasteiger charge is 2.33. The summed E-state index contributed by atoms with van der Waals surface area (Å²) in [6.07, 6.45) is 2.05. The van der Waals surface area contributed by atoms with Gasteiger partial charge in [-0.05, 0) is 26.8 Å². The van der Waals surface area contributed by atoms with Crippen LogP contribution in [0.25, 0.3) is 0 Å². The second kappa shape index (κ2) is 5.20. The van der Waals surface area contributed by atoms with Gasteiger partial charge in [0, 0.05) is 25.8 Å². The summed E-state index contributed by atoms with van der Waals surface area (Å²) in [5.74, 6) is 0.657. The van der Waals surface area contributed by atoms with Gasteiger partial charge in [-0.25, -0.2) is 18.1 Å². The minimum atomic E-state index is -3.67. The number of aliphatic hydroxyl groups is 1. The fourth-order valence-electron chi connectivity index (χ4n) is 2.11. The molecule has 0 amide bonds. The third kappa shape index (κ3) is 3.14. The first-order chi connectivity index (χ1) is 8.86. The van der Waals surface area contributed by atoms with Gasteiger partial charge in [0.25, 0.3) is 10.0 Å². The summed E-state index contributed by atoms with van der Waals surface area (Å²) in [5, 5.41) is 13.1. The summed E-state index contributed by atoms with van der Waals surface area (Å²) < 4.78 is 28.4. The molecule has 1 aromatic rings. The van der Waals surface area contributed by atoms with E-state index in [9.17, 15) is 13.5 Å². The number of imidazole rings is 1. The van der Waals surface area contributed by atoms with E-state index in [1.165, 1.54) is 6.20 Å². The van der Waals surface area contributed by atoms with Crippen LogP contribution in [0.15, 0.2) is 11.2 Å². The van der Waals surface area contributed by atoms with E-state index in [1.807, 2.05) is 6.92 Å². The highest BCUT2D eigenvalue weighted by molar-refractivity contribution is 7.89. The first-order valence-corrected chi connectivity index (χ1v) is 7.81. The monoisotopic (exact) mass is 288 g/mol. The molecule has 7 nitrogen and oxygen atoms in total. The van der Waals surface area contributed by atoms with E-state index < -0.39 is 15.6 Å². The Balaban J connectivity index is 2.09. The molecule has 0 aliphatic carbocycles. The number of β-amino-alcohol motifs (C(OH)–C–C–N with tert-alkyl or cyclic N) is 1. The summed E-state index contributed by atoms with van der Waals surface area (Å²) >= 11 is 0. The predicted octanol–water partition coefficient (Wildman–Crippen LogP) is -0.786. The third-order valence-corrected chi connectivity index (χ3v) is 4.65. The molecular weight excluding hydrogens is 268 g/mol. The van der Waals surface area contributed by atoms with Gasteiger partial charge in [0.05, 0.1) is 5.60 Å². The van der Waals surface area contributed by atoms with Crippen molar-refractivity contribution in [1.29, 1.82) is 0 Å².